The highest BCUT2D eigenvalue weighted by molar-refractivity contribution is 5.34. The minimum Gasteiger partial charge on any atom is -0.444 e. The third-order valence-electron chi connectivity index (χ3n) is 1.70. The van der Waals surface area contributed by atoms with Crippen molar-refractivity contribution in [2.45, 2.75) is 13.5 Å². The molecule has 0 atom stereocenters. The molecule has 0 aliphatic carbocycles. The van der Waals surface area contributed by atoms with E-state index in [-0.39, 0.29) is 0 Å². The van der Waals surface area contributed by atoms with Gasteiger partial charge in [-0.2, -0.15) is 0 Å². The maximum Gasteiger partial charge on any atom is 0.195 e. The molecule has 1 aromatic rings. The van der Waals surface area contributed by atoms with Crippen LogP contribution in [0, 0.1) is 0 Å². The van der Waals surface area contributed by atoms with Gasteiger partial charge in [0.1, 0.15) is 5.76 Å². The Morgan fingerprint density at radius 1 is 1.55 bits per heavy atom. The first kappa shape index (κ1) is 8.14. The molecule has 0 spiro atoms. The van der Waals surface area contributed by atoms with Crippen molar-refractivity contribution in [1.29, 1.82) is 0 Å². The van der Waals surface area contributed by atoms with Crippen LogP contribution in [-0.2, 0) is 6.54 Å². The number of nitrogens with zero attached hydrogens (tertiary/aromatic N) is 1. The molecule has 62 valence electrons. The Morgan fingerprint density at radius 3 is 2.73 bits per heavy atom. The van der Waals surface area contributed by atoms with E-state index in [1.54, 1.807) is 0 Å². The molecule has 0 saturated carbocycles. The maximum atomic E-state index is 5.39. The van der Waals surface area contributed by atoms with E-state index in [0.717, 1.165) is 18.2 Å². The van der Waals surface area contributed by atoms with Gasteiger partial charge in [-0.25, -0.2) is 0 Å². The Hall–Kier alpha value is -0.960. The average Bonchev–Trinajstić information content (AvgIpc) is 2.50. The molecule has 0 aliphatic rings. The maximum absolute atomic E-state index is 5.39. The Morgan fingerprint density at radius 2 is 2.27 bits per heavy atom. The SMILES string of the molecule is CCN(C)c1ccc(CN)o1. The van der Waals surface area contributed by atoms with Crippen LogP contribution in [0.3, 0.4) is 0 Å². The fraction of sp³-hybridized carbons (Fsp3) is 0.500. The zero-order valence-corrected chi connectivity index (χ0v) is 7.00. The van der Waals surface area contributed by atoms with Crippen LogP contribution in [0.2, 0.25) is 0 Å². The van der Waals surface area contributed by atoms with E-state index in [1.165, 1.54) is 0 Å². The summed E-state index contributed by atoms with van der Waals surface area (Å²) in [5.41, 5.74) is 5.39. The second kappa shape index (κ2) is 3.44. The monoisotopic (exact) mass is 154 g/mol. The first-order chi connectivity index (χ1) is 5.27. The summed E-state index contributed by atoms with van der Waals surface area (Å²) < 4.78 is 5.39. The first-order valence-electron chi connectivity index (χ1n) is 3.77. The summed E-state index contributed by atoms with van der Waals surface area (Å²) in [5.74, 6) is 1.72. The van der Waals surface area contributed by atoms with E-state index in [1.807, 2.05) is 24.1 Å². The summed E-state index contributed by atoms with van der Waals surface area (Å²) >= 11 is 0. The minimum absolute atomic E-state index is 0.470. The smallest absolute Gasteiger partial charge is 0.195 e. The second-order valence-corrected chi connectivity index (χ2v) is 2.46. The zero-order chi connectivity index (χ0) is 8.27. The molecule has 3 heteroatoms. The Labute approximate surface area is 66.8 Å². The summed E-state index contributed by atoms with van der Waals surface area (Å²) in [6.07, 6.45) is 0. The molecule has 0 radical (unpaired) electrons. The van der Waals surface area contributed by atoms with E-state index in [9.17, 15) is 0 Å². The second-order valence-electron chi connectivity index (χ2n) is 2.46. The molecule has 0 fully saturated rings. The standard InChI is InChI=1S/C8H14N2O/c1-3-10(2)8-5-4-7(6-9)11-8/h4-5H,3,6,9H2,1-2H3. The summed E-state index contributed by atoms with van der Waals surface area (Å²) in [6.45, 7) is 3.49. The predicted molar refractivity (Wildman–Crippen MR) is 45.5 cm³/mol. The number of nitrogens with two attached hydrogens (primary N) is 1. The molecule has 0 unspecified atom stereocenters. The third-order valence-corrected chi connectivity index (χ3v) is 1.70. The molecule has 0 saturated heterocycles. The number of furan rings is 1. The van der Waals surface area contributed by atoms with Crippen molar-refractivity contribution in [3.8, 4) is 0 Å². The van der Waals surface area contributed by atoms with E-state index < -0.39 is 0 Å². The number of anilines is 1. The van der Waals surface area contributed by atoms with Crippen molar-refractivity contribution >= 4 is 5.88 Å². The summed E-state index contributed by atoms with van der Waals surface area (Å²) in [4.78, 5) is 2.03. The Kier molecular flexibility index (Phi) is 2.54. The fourth-order valence-electron chi connectivity index (χ4n) is 0.837. The van der Waals surface area contributed by atoms with Gasteiger partial charge in [0.15, 0.2) is 5.88 Å². The highest BCUT2D eigenvalue weighted by atomic mass is 16.4. The minimum atomic E-state index is 0.470. The van der Waals surface area contributed by atoms with Gasteiger partial charge in [-0.05, 0) is 13.0 Å². The van der Waals surface area contributed by atoms with Crippen LogP contribution in [0.4, 0.5) is 5.88 Å². The lowest BCUT2D eigenvalue weighted by molar-refractivity contribution is 0.508. The molecule has 11 heavy (non-hydrogen) atoms. The average molecular weight is 154 g/mol. The van der Waals surface area contributed by atoms with Crippen LogP contribution in [0.5, 0.6) is 0 Å². The molecule has 3 nitrogen and oxygen atoms in total. The zero-order valence-electron chi connectivity index (χ0n) is 7.00. The van der Waals surface area contributed by atoms with Gasteiger partial charge in [0.05, 0.1) is 6.54 Å². The van der Waals surface area contributed by atoms with Gasteiger partial charge >= 0.3 is 0 Å². The van der Waals surface area contributed by atoms with Crippen molar-refractivity contribution in [1.82, 2.24) is 0 Å². The van der Waals surface area contributed by atoms with Crippen molar-refractivity contribution in [2.24, 2.45) is 5.73 Å². The van der Waals surface area contributed by atoms with Crippen LogP contribution in [0.15, 0.2) is 16.5 Å². The van der Waals surface area contributed by atoms with E-state index in [0.29, 0.717) is 6.54 Å². The lowest BCUT2D eigenvalue weighted by Crippen LogP contribution is -2.14. The highest BCUT2D eigenvalue weighted by Gasteiger charge is 2.02. The fourth-order valence-corrected chi connectivity index (χ4v) is 0.837. The molecule has 0 bridgehead atoms. The van der Waals surface area contributed by atoms with Gasteiger partial charge < -0.3 is 15.1 Å². The van der Waals surface area contributed by atoms with Gasteiger partial charge in [0.2, 0.25) is 0 Å². The first-order valence-corrected chi connectivity index (χ1v) is 3.77. The summed E-state index contributed by atoms with van der Waals surface area (Å²) in [5, 5.41) is 0. The lowest BCUT2D eigenvalue weighted by Gasteiger charge is -2.11. The largest absolute Gasteiger partial charge is 0.444 e. The van der Waals surface area contributed by atoms with Crippen LogP contribution in [0.1, 0.15) is 12.7 Å². The van der Waals surface area contributed by atoms with Crippen LogP contribution in [0.25, 0.3) is 0 Å². The third kappa shape index (κ3) is 1.74. The van der Waals surface area contributed by atoms with Crippen molar-refractivity contribution in [2.75, 3.05) is 18.5 Å². The number of hydrogen-bond donors (Lipinski definition) is 1. The van der Waals surface area contributed by atoms with Crippen molar-refractivity contribution in [3.05, 3.63) is 17.9 Å². The summed E-state index contributed by atoms with van der Waals surface area (Å²) in [7, 11) is 1.99. The topological polar surface area (TPSA) is 42.4 Å². The van der Waals surface area contributed by atoms with Gasteiger partial charge in [0, 0.05) is 19.7 Å². The number of hydrogen-bond acceptors (Lipinski definition) is 3. The van der Waals surface area contributed by atoms with E-state index in [2.05, 4.69) is 6.92 Å². The summed E-state index contributed by atoms with van der Waals surface area (Å²) in [6, 6.07) is 3.84. The molecule has 1 heterocycles. The predicted octanol–water partition coefficient (Wildman–Crippen LogP) is 1.19. The van der Waals surface area contributed by atoms with E-state index in [4.69, 9.17) is 10.2 Å². The van der Waals surface area contributed by atoms with Crippen molar-refractivity contribution in [3.63, 3.8) is 0 Å². The molecule has 0 aliphatic heterocycles. The molecular formula is C8H14N2O. The molecule has 0 amide bonds. The molecule has 0 aromatic carbocycles. The normalized spacial score (nSPS) is 10.1. The quantitative estimate of drug-likeness (QED) is 0.711. The van der Waals surface area contributed by atoms with Gasteiger partial charge in [-0.3, -0.25) is 0 Å². The molecular weight excluding hydrogens is 140 g/mol. The Bertz CT molecular complexity index is 220. The van der Waals surface area contributed by atoms with Gasteiger partial charge in [0.25, 0.3) is 0 Å². The van der Waals surface area contributed by atoms with Crippen LogP contribution >= 0.6 is 0 Å². The molecule has 2 N–H and O–H groups in total. The molecule has 1 rings (SSSR count). The number of rotatable bonds is 3. The lowest BCUT2D eigenvalue weighted by atomic mass is 10.4. The van der Waals surface area contributed by atoms with Crippen molar-refractivity contribution < 1.29 is 4.42 Å². The van der Waals surface area contributed by atoms with Crippen LogP contribution < -0.4 is 10.6 Å². The van der Waals surface area contributed by atoms with Gasteiger partial charge in [-0.1, -0.05) is 0 Å². The molecule has 1 aromatic heterocycles. The Balaban J connectivity index is 2.71. The van der Waals surface area contributed by atoms with Crippen LogP contribution in [-0.4, -0.2) is 13.6 Å². The van der Waals surface area contributed by atoms with E-state index >= 15 is 0 Å². The van der Waals surface area contributed by atoms with Gasteiger partial charge in [-0.15, -0.1) is 0 Å². The highest BCUT2D eigenvalue weighted by Crippen LogP contribution is 2.15.